The second kappa shape index (κ2) is 15.6. The molecule has 0 fully saturated rings. The van der Waals surface area contributed by atoms with E-state index >= 15 is 0 Å². The van der Waals surface area contributed by atoms with Crippen molar-refractivity contribution in [3.05, 3.63) is 154 Å². The van der Waals surface area contributed by atoms with Crippen LogP contribution in [0.1, 0.15) is 54.1 Å². The number of amides is 2. The number of rotatable bonds is 14. The van der Waals surface area contributed by atoms with E-state index in [1.54, 1.807) is 29.6 Å². The Hall–Kier alpha value is -5.77. The summed E-state index contributed by atoms with van der Waals surface area (Å²) in [7, 11) is 0. The number of fused-ring (bicyclic) bond motifs is 3. The molecule has 2 amide bonds. The van der Waals surface area contributed by atoms with Crippen LogP contribution in [0.5, 0.6) is 0 Å². The van der Waals surface area contributed by atoms with Crippen molar-refractivity contribution in [2.24, 2.45) is 5.92 Å². The number of hydrogen-bond acceptors (Lipinski definition) is 6. The van der Waals surface area contributed by atoms with Crippen LogP contribution in [0, 0.1) is 16.0 Å². The topological polar surface area (TPSA) is 120 Å². The van der Waals surface area contributed by atoms with Gasteiger partial charge in [0.05, 0.1) is 17.7 Å². The molecular formula is C40H41N5O5. The third-order valence-electron chi connectivity index (χ3n) is 9.55. The predicted molar refractivity (Wildman–Crippen MR) is 191 cm³/mol. The third kappa shape index (κ3) is 7.92. The summed E-state index contributed by atoms with van der Waals surface area (Å²) < 4.78 is 7.96. The van der Waals surface area contributed by atoms with Crippen molar-refractivity contribution in [1.82, 2.24) is 19.8 Å². The first-order valence-electron chi connectivity index (χ1n) is 17.0. The van der Waals surface area contributed by atoms with Crippen molar-refractivity contribution in [1.29, 1.82) is 0 Å². The summed E-state index contributed by atoms with van der Waals surface area (Å²) in [6.45, 7) is 5.37. The maximum atomic E-state index is 13.9. The normalized spacial score (nSPS) is 13.2. The van der Waals surface area contributed by atoms with E-state index in [-0.39, 0.29) is 49.0 Å². The summed E-state index contributed by atoms with van der Waals surface area (Å²) in [6.07, 6.45) is 3.76. The lowest BCUT2D eigenvalue weighted by Crippen LogP contribution is -2.49. The molecule has 10 nitrogen and oxygen atoms in total. The maximum Gasteiger partial charge on any atom is 0.410 e. The van der Waals surface area contributed by atoms with Crippen LogP contribution in [-0.4, -0.2) is 50.6 Å². The van der Waals surface area contributed by atoms with E-state index in [2.05, 4.69) is 48.4 Å². The van der Waals surface area contributed by atoms with E-state index in [1.807, 2.05) is 59.2 Å². The molecule has 1 aliphatic carbocycles. The number of carbonyl (C=O) groups is 2. The van der Waals surface area contributed by atoms with E-state index in [0.717, 1.165) is 28.7 Å². The first-order valence-corrected chi connectivity index (χ1v) is 17.0. The van der Waals surface area contributed by atoms with Gasteiger partial charge in [0, 0.05) is 55.6 Å². The van der Waals surface area contributed by atoms with E-state index in [0.29, 0.717) is 18.8 Å². The number of ether oxygens (including phenoxy) is 1. The number of carbonyl (C=O) groups excluding carboxylic acids is 2. The minimum Gasteiger partial charge on any atom is -0.448 e. The molecule has 0 aliphatic heterocycles. The number of nitrogens with zero attached hydrogens (tertiary/aromatic N) is 4. The Morgan fingerprint density at radius 2 is 1.56 bits per heavy atom. The van der Waals surface area contributed by atoms with E-state index in [4.69, 9.17) is 4.74 Å². The van der Waals surface area contributed by atoms with Gasteiger partial charge in [-0.2, -0.15) is 0 Å². The van der Waals surface area contributed by atoms with Crippen molar-refractivity contribution >= 4 is 17.7 Å². The van der Waals surface area contributed by atoms with Crippen LogP contribution in [0.4, 0.5) is 10.5 Å². The van der Waals surface area contributed by atoms with Gasteiger partial charge >= 0.3 is 6.09 Å². The van der Waals surface area contributed by atoms with Crippen molar-refractivity contribution in [2.45, 2.75) is 51.7 Å². The van der Waals surface area contributed by atoms with Gasteiger partial charge < -0.3 is 19.5 Å². The highest BCUT2D eigenvalue weighted by Gasteiger charge is 2.31. The Morgan fingerprint density at radius 1 is 0.920 bits per heavy atom. The zero-order valence-electron chi connectivity index (χ0n) is 28.3. The zero-order valence-corrected chi connectivity index (χ0v) is 28.3. The highest BCUT2D eigenvalue weighted by Crippen LogP contribution is 2.44. The highest BCUT2D eigenvalue weighted by atomic mass is 16.6. The lowest BCUT2D eigenvalue weighted by atomic mass is 9.98. The molecule has 256 valence electrons. The monoisotopic (exact) mass is 671 g/mol. The van der Waals surface area contributed by atoms with Crippen molar-refractivity contribution in [3.8, 4) is 11.1 Å². The largest absolute Gasteiger partial charge is 0.448 e. The summed E-state index contributed by atoms with van der Waals surface area (Å²) in [5.74, 6) is -0.178. The Kier molecular flexibility index (Phi) is 10.7. The molecule has 0 saturated carbocycles. The quantitative estimate of drug-likeness (QED) is 0.0973. The standard InChI is InChI=1S/C40H41N5O5/c1-3-28(2)38(42-39(46)21-32-22-41-27-44(32)24-30-17-19-31(20-18-30)45(48)49)25-43(23-29-11-5-4-6-12-29)40(47)50-26-37-35-15-9-7-13-33(35)34-14-8-10-16-36(34)37/h4-20,22,27-28,37-38H,3,21,23-26H2,1-2H3,(H,42,46)/t28-,38+/m0/s1. The fraction of sp³-hybridized carbons (Fsp3) is 0.275. The lowest BCUT2D eigenvalue weighted by Gasteiger charge is -2.31. The molecule has 50 heavy (non-hydrogen) atoms. The van der Waals surface area contributed by atoms with Crippen LogP contribution < -0.4 is 5.32 Å². The molecule has 6 rings (SSSR count). The van der Waals surface area contributed by atoms with E-state index in [1.165, 1.54) is 23.3 Å². The molecule has 1 aliphatic rings. The smallest absolute Gasteiger partial charge is 0.410 e. The van der Waals surface area contributed by atoms with Crippen LogP contribution in [-0.2, 0) is 29.0 Å². The second-order valence-corrected chi connectivity index (χ2v) is 12.8. The molecule has 0 spiro atoms. The zero-order chi connectivity index (χ0) is 35.0. The molecule has 0 unspecified atom stereocenters. The average Bonchev–Trinajstić information content (AvgIpc) is 3.71. The van der Waals surface area contributed by atoms with Gasteiger partial charge in [-0.1, -0.05) is 111 Å². The van der Waals surface area contributed by atoms with Gasteiger partial charge in [0.15, 0.2) is 0 Å². The van der Waals surface area contributed by atoms with Crippen LogP contribution in [0.2, 0.25) is 0 Å². The average molecular weight is 672 g/mol. The number of imidazole rings is 1. The van der Waals surface area contributed by atoms with Crippen LogP contribution in [0.15, 0.2) is 116 Å². The molecule has 10 heteroatoms. The second-order valence-electron chi connectivity index (χ2n) is 12.8. The molecule has 4 aromatic carbocycles. The number of nitro benzene ring substituents is 1. The number of non-ortho nitro benzene ring substituents is 1. The van der Waals surface area contributed by atoms with Crippen LogP contribution in [0.25, 0.3) is 11.1 Å². The maximum absolute atomic E-state index is 13.9. The van der Waals surface area contributed by atoms with Crippen LogP contribution in [0.3, 0.4) is 0 Å². The van der Waals surface area contributed by atoms with Crippen molar-refractivity contribution in [3.63, 3.8) is 0 Å². The van der Waals surface area contributed by atoms with Gasteiger partial charge in [0.2, 0.25) is 5.91 Å². The fourth-order valence-electron chi connectivity index (χ4n) is 6.56. The van der Waals surface area contributed by atoms with Gasteiger partial charge in [0.25, 0.3) is 5.69 Å². The predicted octanol–water partition coefficient (Wildman–Crippen LogP) is 7.36. The van der Waals surface area contributed by atoms with Gasteiger partial charge in [-0.25, -0.2) is 9.78 Å². The van der Waals surface area contributed by atoms with Gasteiger partial charge in [-0.3, -0.25) is 14.9 Å². The van der Waals surface area contributed by atoms with Gasteiger partial charge in [-0.15, -0.1) is 0 Å². The molecule has 1 N–H and O–H groups in total. The van der Waals surface area contributed by atoms with E-state index < -0.39 is 11.0 Å². The lowest BCUT2D eigenvalue weighted by molar-refractivity contribution is -0.384. The number of nitrogens with one attached hydrogen (secondary N) is 1. The molecule has 1 aromatic heterocycles. The van der Waals surface area contributed by atoms with Crippen LogP contribution >= 0.6 is 0 Å². The summed E-state index contributed by atoms with van der Waals surface area (Å²) in [5, 5.41) is 14.3. The number of hydrogen-bond donors (Lipinski definition) is 1. The van der Waals surface area contributed by atoms with Gasteiger partial charge in [0.1, 0.15) is 6.61 Å². The number of benzene rings is 4. The summed E-state index contributed by atoms with van der Waals surface area (Å²) in [4.78, 5) is 44.0. The molecule has 0 saturated heterocycles. The SMILES string of the molecule is CC[C@H](C)[C@@H](CN(Cc1ccccc1)C(=O)OCC1c2ccccc2-c2ccccc21)NC(=O)Cc1cncn1Cc1ccc([N+](=O)[O-])cc1. The van der Waals surface area contributed by atoms with Gasteiger partial charge in [-0.05, 0) is 39.3 Å². The Bertz CT molecular complexity index is 1900. The Labute approximate surface area is 291 Å². The molecule has 5 aromatic rings. The summed E-state index contributed by atoms with van der Waals surface area (Å²) in [5.41, 5.74) is 7.17. The molecule has 1 heterocycles. The molecule has 2 atom stereocenters. The summed E-state index contributed by atoms with van der Waals surface area (Å²) >= 11 is 0. The van der Waals surface area contributed by atoms with Crippen molar-refractivity contribution in [2.75, 3.05) is 13.2 Å². The number of aromatic nitrogens is 2. The summed E-state index contributed by atoms with van der Waals surface area (Å²) in [6, 6.07) is 32.3. The fourth-order valence-corrected chi connectivity index (χ4v) is 6.56. The molecule has 0 radical (unpaired) electrons. The Balaban J connectivity index is 1.15. The highest BCUT2D eigenvalue weighted by molar-refractivity contribution is 5.79. The third-order valence-corrected chi connectivity index (χ3v) is 9.55. The molecular weight excluding hydrogens is 630 g/mol. The first kappa shape index (κ1) is 34.1. The minimum absolute atomic E-state index is 0.0226. The van der Waals surface area contributed by atoms with Crippen molar-refractivity contribution < 1.29 is 19.2 Å². The minimum atomic E-state index is -0.432. The van der Waals surface area contributed by atoms with E-state index in [9.17, 15) is 19.7 Å². The molecule has 0 bridgehead atoms. The number of nitro groups is 1. The first-order chi connectivity index (χ1) is 24.3. The Morgan fingerprint density at radius 3 is 2.20 bits per heavy atom.